The zero-order valence-corrected chi connectivity index (χ0v) is 15.0. The maximum atomic E-state index is 12.2. The van der Waals surface area contributed by atoms with Crippen LogP contribution in [0.25, 0.3) is 11.0 Å². The lowest BCUT2D eigenvalue weighted by molar-refractivity contribution is 0.0844. The summed E-state index contributed by atoms with van der Waals surface area (Å²) < 4.78 is 10.9. The first-order valence-corrected chi connectivity index (χ1v) is 8.11. The lowest BCUT2D eigenvalue weighted by Gasteiger charge is -2.08. The van der Waals surface area contributed by atoms with Crippen LogP contribution in [0.4, 0.5) is 0 Å². The van der Waals surface area contributed by atoms with Crippen LogP contribution in [0, 0.1) is 0 Å². The van der Waals surface area contributed by atoms with Crippen molar-refractivity contribution in [2.24, 2.45) is 0 Å². The van der Waals surface area contributed by atoms with E-state index in [2.05, 4.69) is 31.8 Å². The van der Waals surface area contributed by atoms with Gasteiger partial charge >= 0.3 is 5.63 Å². The van der Waals surface area contributed by atoms with Crippen LogP contribution in [-0.2, 0) is 0 Å². The molecule has 2 amide bonds. The molecule has 1 aromatic carbocycles. The van der Waals surface area contributed by atoms with Crippen LogP contribution in [0.3, 0.4) is 0 Å². The van der Waals surface area contributed by atoms with Crippen molar-refractivity contribution in [2.45, 2.75) is 0 Å². The molecule has 9 heteroatoms. The summed E-state index contributed by atoms with van der Waals surface area (Å²) >= 11 is 3.33. The normalized spacial score (nSPS) is 10.4. The van der Waals surface area contributed by atoms with Gasteiger partial charge in [0.05, 0.1) is 11.6 Å². The van der Waals surface area contributed by atoms with Gasteiger partial charge in [-0.1, -0.05) is 0 Å². The van der Waals surface area contributed by atoms with Gasteiger partial charge < -0.3 is 9.15 Å². The highest BCUT2D eigenvalue weighted by molar-refractivity contribution is 9.10. The number of pyridine rings is 1. The van der Waals surface area contributed by atoms with Crippen LogP contribution >= 0.6 is 15.9 Å². The molecular weight excluding hydrogens is 406 g/mol. The molecule has 0 atom stereocenters. The third kappa shape index (κ3) is 3.57. The first-order valence-electron chi connectivity index (χ1n) is 7.31. The Morgan fingerprint density at radius 2 is 1.81 bits per heavy atom. The summed E-state index contributed by atoms with van der Waals surface area (Å²) in [6.45, 7) is 0. The first kappa shape index (κ1) is 17.6. The number of carbonyl (C=O) groups excluding carboxylic acids is 2. The van der Waals surface area contributed by atoms with Crippen molar-refractivity contribution in [1.29, 1.82) is 0 Å². The lowest BCUT2D eigenvalue weighted by Crippen LogP contribution is -2.43. The summed E-state index contributed by atoms with van der Waals surface area (Å²) in [7, 11) is 1.48. The van der Waals surface area contributed by atoms with Crippen molar-refractivity contribution >= 4 is 38.7 Å². The quantitative estimate of drug-likeness (QED) is 0.498. The molecule has 2 aromatic heterocycles. The molecule has 0 fully saturated rings. The van der Waals surface area contributed by atoms with Crippen molar-refractivity contribution in [3.63, 3.8) is 0 Å². The summed E-state index contributed by atoms with van der Waals surface area (Å²) in [5.41, 5.74) is 3.91. The fraction of sp³-hybridized carbons (Fsp3) is 0.0588. The molecule has 0 aliphatic rings. The van der Waals surface area contributed by atoms with Crippen molar-refractivity contribution in [3.8, 4) is 5.75 Å². The van der Waals surface area contributed by atoms with Crippen molar-refractivity contribution < 1.29 is 18.7 Å². The Morgan fingerprint density at radius 1 is 1.12 bits per heavy atom. The van der Waals surface area contributed by atoms with E-state index >= 15 is 0 Å². The number of rotatable bonds is 3. The SMILES string of the molecule is COc1cc2oc(=O)c(C(=O)NNC(=O)c3ccncc3)cc2cc1Br. The average Bonchev–Trinajstić information content (AvgIpc) is 2.65. The second-order valence-electron chi connectivity index (χ2n) is 5.12. The Labute approximate surface area is 155 Å². The Morgan fingerprint density at radius 3 is 2.50 bits per heavy atom. The number of nitrogens with zero attached hydrogens (tertiary/aromatic N) is 1. The number of halogens is 1. The van der Waals surface area contributed by atoms with Crippen molar-refractivity contribution in [1.82, 2.24) is 15.8 Å². The zero-order valence-electron chi connectivity index (χ0n) is 13.4. The van der Waals surface area contributed by atoms with E-state index in [4.69, 9.17) is 9.15 Å². The molecule has 0 unspecified atom stereocenters. The van der Waals surface area contributed by atoms with Crippen LogP contribution in [0.1, 0.15) is 20.7 Å². The molecule has 0 radical (unpaired) electrons. The van der Waals surface area contributed by atoms with Gasteiger partial charge in [-0.25, -0.2) is 4.79 Å². The number of hydrogen-bond donors (Lipinski definition) is 2. The number of amides is 2. The van der Waals surface area contributed by atoms with Crippen LogP contribution in [0.5, 0.6) is 5.75 Å². The van der Waals surface area contributed by atoms with Gasteiger partial charge in [0, 0.05) is 29.4 Å². The van der Waals surface area contributed by atoms with Crippen LogP contribution in [0.2, 0.25) is 0 Å². The van der Waals surface area contributed by atoms with E-state index in [-0.39, 0.29) is 11.1 Å². The van der Waals surface area contributed by atoms with E-state index in [1.165, 1.54) is 43.8 Å². The van der Waals surface area contributed by atoms with Gasteiger partial charge in [0.15, 0.2) is 0 Å². The molecule has 3 aromatic rings. The molecule has 2 heterocycles. The highest BCUT2D eigenvalue weighted by atomic mass is 79.9. The van der Waals surface area contributed by atoms with Gasteiger partial charge in [-0.15, -0.1) is 0 Å². The number of aromatic nitrogens is 1. The maximum Gasteiger partial charge on any atom is 0.349 e. The van der Waals surface area contributed by atoms with Crippen LogP contribution < -0.4 is 21.2 Å². The van der Waals surface area contributed by atoms with Crippen molar-refractivity contribution in [2.75, 3.05) is 7.11 Å². The average molecular weight is 418 g/mol. The van der Waals surface area contributed by atoms with E-state index in [9.17, 15) is 14.4 Å². The maximum absolute atomic E-state index is 12.2. The minimum absolute atomic E-state index is 0.246. The molecule has 26 heavy (non-hydrogen) atoms. The number of nitrogens with one attached hydrogen (secondary N) is 2. The standard InChI is InChI=1S/C17H12BrN3O5/c1-25-14-8-13-10(7-12(14)18)6-11(17(24)26-13)16(23)21-20-15(22)9-2-4-19-5-3-9/h2-8H,1H3,(H,20,22)(H,21,23). The molecule has 0 bridgehead atoms. The van der Waals surface area contributed by atoms with Gasteiger partial charge in [-0.05, 0) is 40.2 Å². The van der Waals surface area contributed by atoms with Gasteiger partial charge in [0.1, 0.15) is 16.9 Å². The Kier molecular flexibility index (Phi) is 4.99. The van der Waals surface area contributed by atoms with E-state index in [1.54, 1.807) is 6.07 Å². The summed E-state index contributed by atoms with van der Waals surface area (Å²) in [4.78, 5) is 40.0. The van der Waals surface area contributed by atoms with E-state index in [0.29, 0.717) is 21.2 Å². The second-order valence-corrected chi connectivity index (χ2v) is 5.97. The monoisotopic (exact) mass is 417 g/mol. The third-order valence-corrected chi connectivity index (χ3v) is 4.10. The van der Waals surface area contributed by atoms with Crippen molar-refractivity contribution in [3.05, 3.63) is 68.7 Å². The molecule has 0 spiro atoms. The highest BCUT2D eigenvalue weighted by Crippen LogP contribution is 2.29. The number of benzene rings is 1. The molecule has 0 aliphatic heterocycles. The third-order valence-electron chi connectivity index (χ3n) is 3.48. The predicted molar refractivity (Wildman–Crippen MR) is 95.9 cm³/mol. The fourth-order valence-electron chi connectivity index (χ4n) is 2.19. The first-order chi connectivity index (χ1) is 12.5. The topological polar surface area (TPSA) is 111 Å². The Hall–Kier alpha value is -3.20. The highest BCUT2D eigenvalue weighted by Gasteiger charge is 2.16. The van der Waals surface area contributed by atoms with Gasteiger partial charge in [-0.2, -0.15) is 0 Å². The molecule has 0 aliphatic carbocycles. The Balaban J connectivity index is 1.83. The summed E-state index contributed by atoms with van der Waals surface area (Å²) in [6.07, 6.45) is 2.89. The van der Waals surface area contributed by atoms with E-state index in [1.807, 2.05) is 0 Å². The zero-order chi connectivity index (χ0) is 18.7. The van der Waals surface area contributed by atoms with Gasteiger partial charge in [0.25, 0.3) is 11.8 Å². The van der Waals surface area contributed by atoms with Crippen LogP contribution in [-0.4, -0.2) is 23.9 Å². The number of fused-ring (bicyclic) bond motifs is 1. The summed E-state index contributed by atoms with van der Waals surface area (Å²) in [5, 5.41) is 0.517. The molecular formula is C17H12BrN3O5. The van der Waals surface area contributed by atoms with E-state index in [0.717, 1.165) is 0 Å². The summed E-state index contributed by atoms with van der Waals surface area (Å²) in [6, 6.07) is 7.53. The summed E-state index contributed by atoms with van der Waals surface area (Å²) in [5.74, 6) is -0.851. The van der Waals surface area contributed by atoms with E-state index < -0.39 is 17.4 Å². The molecule has 3 rings (SSSR count). The van der Waals surface area contributed by atoms with Gasteiger partial charge in [0.2, 0.25) is 0 Å². The number of carbonyl (C=O) groups is 2. The Bertz CT molecular complexity index is 1050. The second kappa shape index (κ2) is 7.36. The van der Waals surface area contributed by atoms with Crippen LogP contribution in [0.15, 0.2) is 56.4 Å². The fourth-order valence-corrected chi connectivity index (χ4v) is 2.71. The molecule has 2 N–H and O–H groups in total. The number of ether oxygens (including phenoxy) is 1. The number of methoxy groups -OCH3 is 1. The smallest absolute Gasteiger partial charge is 0.349 e. The largest absolute Gasteiger partial charge is 0.495 e. The number of hydrazine groups is 1. The molecule has 132 valence electrons. The molecule has 8 nitrogen and oxygen atoms in total. The molecule has 0 saturated heterocycles. The minimum Gasteiger partial charge on any atom is -0.495 e. The molecule has 0 saturated carbocycles. The predicted octanol–water partition coefficient (Wildman–Crippen LogP) is 2.03. The number of hydrogen-bond acceptors (Lipinski definition) is 6. The van der Waals surface area contributed by atoms with Gasteiger partial charge in [-0.3, -0.25) is 25.4 Å². The minimum atomic E-state index is -0.836. The lowest BCUT2D eigenvalue weighted by atomic mass is 10.1.